The van der Waals surface area contributed by atoms with Gasteiger partial charge in [0, 0.05) is 23.5 Å². The molecule has 0 spiro atoms. The smallest absolute Gasteiger partial charge is 0.324 e. The first-order valence-corrected chi connectivity index (χ1v) is 10.1. The molecule has 0 unspecified atom stereocenters. The Labute approximate surface area is 186 Å². The van der Waals surface area contributed by atoms with Gasteiger partial charge in [0.05, 0.1) is 5.56 Å². The van der Waals surface area contributed by atoms with E-state index in [0.29, 0.717) is 6.42 Å². The summed E-state index contributed by atoms with van der Waals surface area (Å²) in [5.41, 5.74) is 0.149. The highest BCUT2D eigenvalue weighted by Gasteiger charge is 2.32. The fraction of sp³-hybridized carbons (Fsp3) is 0.217. The van der Waals surface area contributed by atoms with Crippen LogP contribution in [0.1, 0.15) is 28.5 Å². The first-order valence-electron chi connectivity index (χ1n) is 10.1. The Kier molecular flexibility index (Phi) is 5.75. The van der Waals surface area contributed by atoms with Crippen molar-refractivity contribution in [3.63, 3.8) is 0 Å². The molecule has 1 atom stereocenters. The lowest BCUT2D eigenvalue weighted by molar-refractivity contribution is -0.137. The molecule has 170 valence electrons. The number of fused-ring (bicyclic) bond motifs is 1. The molecule has 2 heterocycles. The van der Waals surface area contributed by atoms with Crippen LogP contribution < -0.4 is 15.8 Å². The number of carbonyl (C=O) groups is 2. The number of hydrogen-bond donors (Lipinski definition) is 1. The van der Waals surface area contributed by atoms with Gasteiger partial charge in [-0.3, -0.25) is 14.4 Å². The van der Waals surface area contributed by atoms with Crippen molar-refractivity contribution >= 4 is 23.2 Å². The number of nitrogens with zero attached hydrogens (tertiary/aromatic N) is 3. The van der Waals surface area contributed by atoms with Gasteiger partial charge in [0.15, 0.2) is 0 Å². The average molecular weight is 456 g/mol. The van der Waals surface area contributed by atoms with E-state index in [1.54, 1.807) is 4.90 Å². The van der Waals surface area contributed by atoms with Gasteiger partial charge in [-0.15, -0.1) is 0 Å². The highest BCUT2D eigenvalue weighted by Crippen LogP contribution is 2.33. The Balaban J connectivity index is 1.53. The molecule has 7 nitrogen and oxygen atoms in total. The van der Waals surface area contributed by atoms with Gasteiger partial charge >= 0.3 is 6.18 Å². The molecule has 10 heteroatoms. The first-order chi connectivity index (χ1) is 15.6. The standard InChI is InChI=1S/C23H19F3N4O3/c1-14-11-15-5-2-3-8-19(15)30(14)22(33)18-9-10-21(32)29(28-18)13-20(31)27-17-7-4-6-16(12-17)23(24,25)26/h2-10,12,14H,11,13H2,1H3,(H,27,31)/t14-/m0/s1. The summed E-state index contributed by atoms with van der Waals surface area (Å²) in [5.74, 6) is -1.17. The number of para-hydroxylation sites is 1. The maximum atomic E-state index is 13.1. The molecule has 0 aliphatic carbocycles. The van der Waals surface area contributed by atoms with Crippen molar-refractivity contribution in [2.45, 2.75) is 32.1 Å². The minimum absolute atomic E-state index is 0.0231. The van der Waals surface area contributed by atoms with Crippen molar-refractivity contribution in [2.75, 3.05) is 10.2 Å². The Morgan fingerprint density at radius 1 is 1.09 bits per heavy atom. The monoisotopic (exact) mass is 456 g/mol. The molecule has 1 aliphatic rings. The van der Waals surface area contributed by atoms with E-state index in [-0.39, 0.29) is 17.4 Å². The zero-order chi connectivity index (χ0) is 23.8. The lowest BCUT2D eigenvalue weighted by Crippen LogP contribution is -2.38. The summed E-state index contributed by atoms with van der Waals surface area (Å²) in [7, 11) is 0. The Morgan fingerprint density at radius 2 is 1.85 bits per heavy atom. The molecule has 1 aromatic heterocycles. The molecular weight excluding hydrogens is 437 g/mol. The molecule has 0 fully saturated rings. The Hall–Kier alpha value is -3.95. The maximum absolute atomic E-state index is 13.1. The van der Waals surface area contributed by atoms with Gasteiger partial charge in [-0.2, -0.15) is 18.3 Å². The lowest BCUT2D eigenvalue weighted by Gasteiger charge is -2.22. The molecule has 0 bridgehead atoms. The number of aromatic nitrogens is 2. The third-order valence-electron chi connectivity index (χ3n) is 5.28. The number of halogens is 3. The van der Waals surface area contributed by atoms with Gasteiger partial charge < -0.3 is 10.2 Å². The number of rotatable bonds is 4. The Morgan fingerprint density at radius 3 is 2.61 bits per heavy atom. The van der Waals surface area contributed by atoms with E-state index in [0.717, 1.165) is 40.2 Å². The van der Waals surface area contributed by atoms with E-state index < -0.39 is 35.7 Å². The first kappa shape index (κ1) is 22.3. The van der Waals surface area contributed by atoms with Crippen LogP contribution in [0, 0.1) is 0 Å². The van der Waals surface area contributed by atoms with E-state index in [1.807, 2.05) is 31.2 Å². The summed E-state index contributed by atoms with van der Waals surface area (Å²) in [4.78, 5) is 39.3. The molecule has 4 rings (SSSR count). The summed E-state index contributed by atoms with van der Waals surface area (Å²) in [6.45, 7) is 1.33. The largest absolute Gasteiger partial charge is 0.416 e. The third-order valence-corrected chi connectivity index (χ3v) is 5.28. The third kappa shape index (κ3) is 4.64. The molecule has 3 aromatic rings. The average Bonchev–Trinajstić information content (AvgIpc) is 3.10. The zero-order valence-corrected chi connectivity index (χ0v) is 17.5. The van der Waals surface area contributed by atoms with Crippen LogP contribution >= 0.6 is 0 Å². The number of alkyl halides is 3. The predicted octanol–water partition coefficient (Wildman–Crippen LogP) is 3.49. The van der Waals surface area contributed by atoms with Crippen molar-refractivity contribution in [3.8, 4) is 0 Å². The molecule has 33 heavy (non-hydrogen) atoms. The quantitative estimate of drug-likeness (QED) is 0.652. The Bertz CT molecular complexity index is 1290. The summed E-state index contributed by atoms with van der Waals surface area (Å²) < 4.78 is 39.4. The highest BCUT2D eigenvalue weighted by atomic mass is 19.4. The number of carbonyl (C=O) groups excluding carboxylic acids is 2. The van der Waals surface area contributed by atoms with E-state index in [2.05, 4.69) is 10.4 Å². The van der Waals surface area contributed by atoms with Crippen LogP contribution in [0.25, 0.3) is 0 Å². The van der Waals surface area contributed by atoms with E-state index >= 15 is 0 Å². The number of amides is 2. The van der Waals surface area contributed by atoms with E-state index in [1.165, 1.54) is 12.1 Å². The van der Waals surface area contributed by atoms with Crippen LogP contribution in [0.4, 0.5) is 24.5 Å². The topological polar surface area (TPSA) is 84.3 Å². The zero-order valence-electron chi connectivity index (χ0n) is 17.5. The second-order valence-electron chi connectivity index (χ2n) is 7.70. The van der Waals surface area contributed by atoms with E-state index in [4.69, 9.17) is 0 Å². The van der Waals surface area contributed by atoms with Crippen molar-refractivity contribution in [1.29, 1.82) is 0 Å². The SMILES string of the molecule is C[C@H]1Cc2ccccc2N1C(=O)c1ccc(=O)n(CC(=O)Nc2cccc(C(F)(F)F)c2)n1. The maximum Gasteiger partial charge on any atom is 0.416 e. The van der Waals surface area contributed by atoms with Crippen molar-refractivity contribution in [2.24, 2.45) is 0 Å². The summed E-state index contributed by atoms with van der Waals surface area (Å²) in [6.07, 6.45) is -3.87. The number of anilines is 2. The minimum Gasteiger partial charge on any atom is -0.324 e. The van der Waals surface area contributed by atoms with Gasteiger partial charge in [-0.05, 0) is 49.2 Å². The molecule has 1 N–H and O–H groups in total. The molecule has 0 saturated heterocycles. The second-order valence-corrected chi connectivity index (χ2v) is 7.70. The second kappa shape index (κ2) is 8.53. The molecule has 0 saturated carbocycles. The van der Waals surface area contributed by atoms with Crippen LogP contribution in [0.5, 0.6) is 0 Å². The fourth-order valence-electron chi connectivity index (χ4n) is 3.78. The van der Waals surface area contributed by atoms with Crippen LogP contribution in [0.15, 0.2) is 65.5 Å². The van der Waals surface area contributed by atoms with Gasteiger partial charge in [-0.25, -0.2) is 4.68 Å². The minimum atomic E-state index is -4.56. The molecular formula is C23H19F3N4O3. The predicted molar refractivity (Wildman–Crippen MR) is 115 cm³/mol. The summed E-state index contributed by atoms with van der Waals surface area (Å²) in [6, 6.07) is 13.9. The van der Waals surface area contributed by atoms with Gasteiger partial charge in [0.25, 0.3) is 11.5 Å². The van der Waals surface area contributed by atoms with Crippen LogP contribution in [0.2, 0.25) is 0 Å². The van der Waals surface area contributed by atoms with Gasteiger partial charge in [-0.1, -0.05) is 24.3 Å². The summed E-state index contributed by atoms with van der Waals surface area (Å²) >= 11 is 0. The normalized spacial score (nSPS) is 15.3. The van der Waals surface area contributed by atoms with Crippen LogP contribution in [-0.2, 0) is 23.9 Å². The molecule has 1 aliphatic heterocycles. The van der Waals surface area contributed by atoms with Gasteiger partial charge in [0.1, 0.15) is 12.2 Å². The molecule has 2 aromatic carbocycles. The van der Waals surface area contributed by atoms with Crippen molar-refractivity contribution < 1.29 is 22.8 Å². The molecule has 2 amide bonds. The number of nitrogens with one attached hydrogen (secondary N) is 1. The summed E-state index contributed by atoms with van der Waals surface area (Å²) in [5, 5.41) is 6.35. The van der Waals surface area contributed by atoms with Crippen LogP contribution in [0.3, 0.4) is 0 Å². The number of hydrogen-bond acceptors (Lipinski definition) is 4. The fourth-order valence-corrected chi connectivity index (χ4v) is 3.78. The van der Waals surface area contributed by atoms with Crippen molar-refractivity contribution in [3.05, 3.63) is 87.8 Å². The van der Waals surface area contributed by atoms with Gasteiger partial charge in [0.2, 0.25) is 5.91 Å². The lowest BCUT2D eigenvalue weighted by atomic mass is 10.1. The van der Waals surface area contributed by atoms with Crippen LogP contribution in [-0.4, -0.2) is 27.6 Å². The highest BCUT2D eigenvalue weighted by molar-refractivity contribution is 6.06. The van der Waals surface area contributed by atoms with Crippen molar-refractivity contribution in [1.82, 2.24) is 9.78 Å². The number of benzene rings is 2. The molecule has 0 radical (unpaired) electrons. The van der Waals surface area contributed by atoms with E-state index in [9.17, 15) is 27.6 Å².